The van der Waals surface area contributed by atoms with Crippen LogP contribution in [0.15, 0.2) is 106 Å². The van der Waals surface area contributed by atoms with Crippen molar-refractivity contribution in [2.75, 3.05) is 19.0 Å². The van der Waals surface area contributed by atoms with Gasteiger partial charge in [0.2, 0.25) is 0 Å². The lowest BCUT2D eigenvalue weighted by Crippen LogP contribution is -2.13. The van der Waals surface area contributed by atoms with Crippen molar-refractivity contribution >= 4 is 34.6 Å². The van der Waals surface area contributed by atoms with Gasteiger partial charge in [0.05, 0.1) is 12.3 Å². The summed E-state index contributed by atoms with van der Waals surface area (Å²) in [6, 6.07) is 27.2. The van der Waals surface area contributed by atoms with Gasteiger partial charge in [-0.3, -0.25) is 14.6 Å². The molecule has 2 N–H and O–H groups in total. The van der Waals surface area contributed by atoms with Gasteiger partial charge in [-0.2, -0.15) is 0 Å². The Morgan fingerprint density at radius 3 is 2.38 bits per heavy atom. The third-order valence-corrected chi connectivity index (χ3v) is 6.38. The Kier molecular flexibility index (Phi) is 10.2. The van der Waals surface area contributed by atoms with Crippen LogP contribution in [0, 0.1) is 5.82 Å². The van der Waals surface area contributed by atoms with Gasteiger partial charge in [0.25, 0.3) is 5.91 Å². The number of carbonyl (C=O) groups is 2. The predicted octanol–water partition coefficient (Wildman–Crippen LogP) is 7.28. The molecule has 5 rings (SSSR count). The molecule has 214 valence electrons. The van der Waals surface area contributed by atoms with Gasteiger partial charge >= 0.3 is 0 Å². The number of anilines is 1. The topological polar surface area (TPSA) is 101 Å². The largest absolute Gasteiger partial charge is 0.508 e. The van der Waals surface area contributed by atoms with Crippen molar-refractivity contribution in [2.24, 2.45) is 4.99 Å². The van der Waals surface area contributed by atoms with Gasteiger partial charge < -0.3 is 19.6 Å². The van der Waals surface area contributed by atoms with E-state index < -0.39 is 5.91 Å². The van der Waals surface area contributed by atoms with Crippen LogP contribution in [-0.2, 0) is 12.8 Å². The number of nitrogens with one attached hydrogen (secondary N) is 1. The number of aliphatic imine (C=N–C) groups is 1. The predicted molar refractivity (Wildman–Crippen MR) is 162 cm³/mol. The van der Waals surface area contributed by atoms with Gasteiger partial charge in [-0.1, -0.05) is 42.5 Å². The van der Waals surface area contributed by atoms with Gasteiger partial charge in [-0.05, 0) is 72.6 Å². The van der Waals surface area contributed by atoms with E-state index in [9.17, 15) is 19.1 Å². The van der Waals surface area contributed by atoms with Crippen LogP contribution in [0.25, 0.3) is 11.0 Å². The van der Waals surface area contributed by atoms with E-state index in [0.717, 1.165) is 34.9 Å². The second-order valence-electron chi connectivity index (χ2n) is 9.50. The second kappa shape index (κ2) is 14.4. The van der Waals surface area contributed by atoms with Crippen LogP contribution in [0.3, 0.4) is 0 Å². The summed E-state index contributed by atoms with van der Waals surface area (Å²) in [6.07, 6.45) is 2.12. The zero-order valence-corrected chi connectivity index (χ0v) is 23.3. The summed E-state index contributed by atoms with van der Waals surface area (Å²) in [5, 5.41) is 13.0. The number of hydrogen-bond acceptors (Lipinski definition) is 6. The Bertz CT molecular complexity index is 1640. The number of fused-ring (bicyclic) bond motifs is 1. The average Bonchev–Trinajstić information content (AvgIpc) is 3.45. The smallest absolute Gasteiger partial charge is 0.291 e. The quantitative estimate of drug-likeness (QED) is 0.144. The third-order valence-electron chi connectivity index (χ3n) is 6.38. The number of phenols is 1. The van der Waals surface area contributed by atoms with E-state index in [1.807, 2.05) is 37.3 Å². The molecule has 8 heteroatoms. The Balaban J connectivity index is 0.000000283. The number of amides is 1. The molecule has 0 aliphatic rings. The fraction of sp³-hybridized carbons (Fsp3) is 0.147. The van der Waals surface area contributed by atoms with Crippen LogP contribution < -0.4 is 10.1 Å². The first-order valence-electron chi connectivity index (χ1n) is 13.3. The first-order valence-corrected chi connectivity index (χ1v) is 13.3. The molecule has 0 unspecified atom stereocenters. The molecule has 4 aromatic carbocycles. The maximum atomic E-state index is 12.7. The van der Waals surface area contributed by atoms with E-state index in [2.05, 4.69) is 10.3 Å². The first-order chi connectivity index (χ1) is 20.3. The number of halogens is 1. The van der Waals surface area contributed by atoms with Gasteiger partial charge in [0.1, 0.15) is 29.2 Å². The number of para-hydroxylation sites is 1. The monoisotopic (exact) mass is 566 g/mol. The lowest BCUT2D eigenvalue weighted by Gasteiger charge is -2.13. The molecule has 0 radical (unpaired) electrons. The summed E-state index contributed by atoms with van der Waals surface area (Å²) < 4.78 is 23.9. The van der Waals surface area contributed by atoms with Crippen LogP contribution in [0.1, 0.15) is 39.0 Å². The summed E-state index contributed by atoms with van der Waals surface area (Å²) >= 11 is 0. The number of nitrogens with zero attached hydrogens (tertiary/aromatic N) is 1. The van der Waals surface area contributed by atoms with Crippen molar-refractivity contribution < 1.29 is 28.2 Å². The van der Waals surface area contributed by atoms with E-state index in [0.29, 0.717) is 35.6 Å². The molecule has 5 aromatic rings. The summed E-state index contributed by atoms with van der Waals surface area (Å²) in [4.78, 5) is 27.9. The Morgan fingerprint density at radius 2 is 1.69 bits per heavy atom. The van der Waals surface area contributed by atoms with Crippen LogP contribution in [0.2, 0.25) is 0 Å². The molecule has 1 amide bonds. The molecule has 0 aliphatic heterocycles. The molecule has 0 saturated heterocycles. The standard InChI is InChI=1S/C24H19NO5.C10H12FN/c26-15-17-7-10-20(22(13-17)29-12-11-16-5-8-19(27)9-6-16)25-24(28)23-14-18-3-1-2-4-21(18)30-23;1-8(12-2)7-9-3-5-10(11)6-4-9/h1-10,13-15,27H,11-12H2,(H,25,28);3-6H,7H2,1-2H3. The minimum atomic E-state index is -0.409. The lowest BCUT2D eigenvalue weighted by atomic mass is 10.1. The van der Waals surface area contributed by atoms with Gasteiger partial charge in [-0.15, -0.1) is 0 Å². The fourth-order valence-corrected chi connectivity index (χ4v) is 4.03. The molecule has 0 atom stereocenters. The highest BCUT2D eigenvalue weighted by Gasteiger charge is 2.15. The zero-order chi connectivity index (χ0) is 29.9. The van der Waals surface area contributed by atoms with Crippen LogP contribution >= 0.6 is 0 Å². The van der Waals surface area contributed by atoms with E-state index in [1.54, 1.807) is 61.6 Å². The zero-order valence-electron chi connectivity index (χ0n) is 23.3. The molecule has 42 heavy (non-hydrogen) atoms. The van der Waals surface area contributed by atoms with Crippen molar-refractivity contribution in [2.45, 2.75) is 19.8 Å². The van der Waals surface area contributed by atoms with E-state index in [1.165, 1.54) is 12.1 Å². The number of furan rings is 1. The number of aldehydes is 1. The maximum absolute atomic E-state index is 12.7. The molecule has 0 saturated carbocycles. The molecule has 1 aromatic heterocycles. The third kappa shape index (κ3) is 8.38. The highest BCUT2D eigenvalue weighted by Crippen LogP contribution is 2.27. The normalized spacial score (nSPS) is 11.0. The van der Waals surface area contributed by atoms with Gasteiger partial charge in [-0.25, -0.2) is 4.39 Å². The van der Waals surface area contributed by atoms with Gasteiger partial charge in [0.15, 0.2) is 5.76 Å². The van der Waals surface area contributed by atoms with E-state index in [4.69, 9.17) is 9.15 Å². The maximum Gasteiger partial charge on any atom is 0.291 e. The number of phenolic OH excluding ortho intramolecular Hbond substituents is 1. The summed E-state index contributed by atoms with van der Waals surface area (Å²) in [5.41, 5.74) is 4.66. The second-order valence-corrected chi connectivity index (χ2v) is 9.50. The van der Waals surface area contributed by atoms with Crippen LogP contribution in [0.5, 0.6) is 11.5 Å². The average molecular weight is 567 g/mol. The number of aromatic hydroxyl groups is 1. The Hall–Kier alpha value is -5.24. The highest BCUT2D eigenvalue weighted by atomic mass is 19.1. The molecule has 0 fully saturated rings. The fourth-order valence-electron chi connectivity index (χ4n) is 4.03. The SMILES string of the molecule is CN=C(C)Cc1ccc(F)cc1.O=Cc1ccc(NC(=O)c2cc3ccccc3o2)c(OCCc2ccc(O)cc2)c1. The number of rotatable bonds is 9. The minimum Gasteiger partial charge on any atom is -0.508 e. The molecule has 0 aliphatic carbocycles. The summed E-state index contributed by atoms with van der Waals surface area (Å²) in [6.45, 7) is 2.30. The molecule has 1 heterocycles. The lowest BCUT2D eigenvalue weighted by molar-refractivity contribution is 0.0998. The van der Waals surface area contributed by atoms with Crippen LogP contribution in [-0.4, -0.2) is 36.7 Å². The molecule has 7 nitrogen and oxygen atoms in total. The van der Waals surface area contributed by atoms with Crippen LogP contribution in [0.4, 0.5) is 10.1 Å². The van der Waals surface area contributed by atoms with Crippen molar-refractivity contribution in [3.63, 3.8) is 0 Å². The molecular formula is C34H31FN2O5. The Morgan fingerprint density at radius 1 is 0.976 bits per heavy atom. The number of ether oxygens (including phenoxy) is 1. The molecule has 0 bridgehead atoms. The number of hydrogen-bond donors (Lipinski definition) is 2. The number of benzene rings is 4. The Labute approximate surface area is 243 Å². The van der Waals surface area contributed by atoms with E-state index in [-0.39, 0.29) is 17.3 Å². The number of carbonyl (C=O) groups excluding carboxylic acids is 2. The first kappa shape index (κ1) is 29.7. The van der Waals surface area contributed by atoms with Crippen molar-refractivity contribution in [1.82, 2.24) is 0 Å². The molecular weight excluding hydrogens is 535 g/mol. The summed E-state index contributed by atoms with van der Waals surface area (Å²) in [5.74, 6) is 0.181. The summed E-state index contributed by atoms with van der Waals surface area (Å²) in [7, 11) is 1.76. The van der Waals surface area contributed by atoms with Crippen molar-refractivity contribution in [1.29, 1.82) is 0 Å². The highest BCUT2D eigenvalue weighted by molar-refractivity contribution is 6.05. The minimum absolute atomic E-state index is 0.186. The van der Waals surface area contributed by atoms with E-state index >= 15 is 0 Å². The molecule has 0 spiro atoms. The van der Waals surface area contributed by atoms with Crippen molar-refractivity contribution in [3.8, 4) is 11.5 Å². The van der Waals surface area contributed by atoms with Gasteiger partial charge in [0, 0.05) is 36.6 Å². The van der Waals surface area contributed by atoms with Crippen molar-refractivity contribution in [3.05, 3.63) is 125 Å².